The minimum absolute atomic E-state index is 0.0282. The van der Waals surface area contributed by atoms with Crippen molar-refractivity contribution >= 4 is 11.6 Å². The molecule has 25 heavy (non-hydrogen) atoms. The predicted molar refractivity (Wildman–Crippen MR) is 101 cm³/mol. The quantitative estimate of drug-likeness (QED) is 0.871. The lowest BCUT2D eigenvalue weighted by atomic mass is 9.71. The molecule has 3 rings (SSSR count). The molecule has 0 atom stereocenters. The Morgan fingerprint density at radius 2 is 1.88 bits per heavy atom. The number of aryl methyl sites for hydroxylation is 1. The number of nitrogens with zero attached hydrogens (tertiary/aromatic N) is 2. The molecule has 5 heteroatoms. The molecule has 134 valence electrons. The maximum atomic E-state index is 12.7. The number of hydrogen-bond donors (Lipinski definition) is 2. The smallest absolute Gasteiger partial charge is 0.225 e. The molecule has 1 aliphatic rings. The standard InChI is InChI=1S/C20H28N4O/c1-15-19(16(2)24(23-15)17-9-5-3-6-10-17)22-18(25)13-20(14-21)11-7-4-8-12-20/h3,5-6,9-10H,4,7-8,11-14,21H2,1-2H3,(H,22,25). The van der Waals surface area contributed by atoms with E-state index in [0.717, 1.165) is 35.6 Å². The highest BCUT2D eigenvalue weighted by molar-refractivity contribution is 5.92. The van der Waals surface area contributed by atoms with E-state index in [2.05, 4.69) is 10.4 Å². The van der Waals surface area contributed by atoms with Crippen LogP contribution in [0.5, 0.6) is 0 Å². The van der Waals surface area contributed by atoms with Gasteiger partial charge in [-0.05, 0) is 50.8 Å². The Hall–Kier alpha value is -2.14. The van der Waals surface area contributed by atoms with Crippen molar-refractivity contribution in [1.29, 1.82) is 0 Å². The second-order valence-corrected chi connectivity index (χ2v) is 7.28. The van der Waals surface area contributed by atoms with Crippen LogP contribution in [0, 0.1) is 19.3 Å². The molecule has 0 spiro atoms. The van der Waals surface area contributed by atoms with E-state index in [-0.39, 0.29) is 11.3 Å². The van der Waals surface area contributed by atoms with Crippen molar-refractivity contribution in [3.8, 4) is 5.69 Å². The molecule has 1 saturated carbocycles. The minimum atomic E-state index is -0.0282. The average molecular weight is 340 g/mol. The molecule has 0 aliphatic heterocycles. The Labute approximate surface area is 149 Å². The van der Waals surface area contributed by atoms with Crippen molar-refractivity contribution in [2.45, 2.75) is 52.4 Å². The van der Waals surface area contributed by atoms with Crippen LogP contribution in [0.3, 0.4) is 0 Å². The molecule has 0 unspecified atom stereocenters. The van der Waals surface area contributed by atoms with E-state index in [0.29, 0.717) is 13.0 Å². The van der Waals surface area contributed by atoms with Gasteiger partial charge in [-0.2, -0.15) is 5.10 Å². The third kappa shape index (κ3) is 3.76. The number of rotatable bonds is 5. The van der Waals surface area contributed by atoms with Gasteiger partial charge < -0.3 is 11.1 Å². The van der Waals surface area contributed by atoms with Crippen molar-refractivity contribution < 1.29 is 4.79 Å². The molecule has 3 N–H and O–H groups in total. The van der Waals surface area contributed by atoms with Crippen LogP contribution in [-0.4, -0.2) is 22.2 Å². The van der Waals surface area contributed by atoms with E-state index in [1.54, 1.807) is 0 Å². The van der Waals surface area contributed by atoms with Crippen LogP contribution in [0.2, 0.25) is 0 Å². The molecule has 1 aromatic heterocycles. The van der Waals surface area contributed by atoms with Gasteiger partial charge >= 0.3 is 0 Å². The number of amides is 1. The number of benzene rings is 1. The monoisotopic (exact) mass is 340 g/mol. The summed E-state index contributed by atoms with van der Waals surface area (Å²) in [4.78, 5) is 12.7. The molecular weight excluding hydrogens is 312 g/mol. The summed E-state index contributed by atoms with van der Waals surface area (Å²) < 4.78 is 1.88. The van der Waals surface area contributed by atoms with Crippen molar-refractivity contribution in [3.05, 3.63) is 41.7 Å². The lowest BCUT2D eigenvalue weighted by Gasteiger charge is -2.35. The summed E-state index contributed by atoms with van der Waals surface area (Å²) in [6.45, 7) is 4.50. The molecular formula is C20H28N4O. The van der Waals surface area contributed by atoms with E-state index in [1.807, 2.05) is 48.9 Å². The SMILES string of the molecule is Cc1nn(-c2ccccc2)c(C)c1NC(=O)CC1(CN)CCCCC1. The largest absolute Gasteiger partial charge is 0.330 e. The third-order valence-electron chi connectivity index (χ3n) is 5.44. The highest BCUT2D eigenvalue weighted by atomic mass is 16.1. The van der Waals surface area contributed by atoms with E-state index in [4.69, 9.17) is 5.73 Å². The lowest BCUT2D eigenvalue weighted by molar-refractivity contribution is -0.118. The number of para-hydroxylation sites is 1. The third-order valence-corrected chi connectivity index (χ3v) is 5.44. The van der Waals surface area contributed by atoms with E-state index < -0.39 is 0 Å². The number of nitrogens with one attached hydrogen (secondary N) is 1. The molecule has 1 aromatic carbocycles. The van der Waals surface area contributed by atoms with Crippen molar-refractivity contribution in [2.24, 2.45) is 11.1 Å². The summed E-state index contributed by atoms with van der Waals surface area (Å²) in [6, 6.07) is 9.97. The van der Waals surface area contributed by atoms with Crippen LogP contribution in [0.25, 0.3) is 5.69 Å². The molecule has 2 aromatic rings. The predicted octanol–water partition coefficient (Wildman–Crippen LogP) is 3.73. The van der Waals surface area contributed by atoms with Crippen LogP contribution < -0.4 is 11.1 Å². The van der Waals surface area contributed by atoms with Crippen LogP contribution in [0.15, 0.2) is 30.3 Å². The van der Waals surface area contributed by atoms with Crippen molar-refractivity contribution in [2.75, 3.05) is 11.9 Å². The second-order valence-electron chi connectivity index (χ2n) is 7.28. The lowest BCUT2D eigenvalue weighted by Crippen LogP contribution is -2.36. The molecule has 0 radical (unpaired) electrons. The Balaban J connectivity index is 1.76. The summed E-state index contributed by atoms with van der Waals surface area (Å²) in [6.07, 6.45) is 6.21. The van der Waals surface area contributed by atoms with Gasteiger partial charge in [-0.1, -0.05) is 37.5 Å². The highest BCUT2D eigenvalue weighted by Crippen LogP contribution is 2.38. The molecule has 0 bridgehead atoms. The summed E-state index contributed by atoms with van der Waals surface area (Å²) in [7, 11) is 0. The first kappa shape index (κ1) is 17.7. The van der Waals surface area contributed by atoms with E-state index in [1.165, 1.54) is 19.3 Å². The first-order valence-corrected chi connectivity index (χ1v) is 9.16. The number of anilines is 1. The molecule has 0 saturated heterocycles. The first-order chi connectivity index (χ1) is 12.0. The van der Waals surface area contributed by atoms with Gasteiger partial charge in [0.15, 0.2) is 0 Å². The van der Waals surface area contributed by atoms with Gasteiger partial charge in [0.25, 0.3) is 0 Å². The Morgan fingerprint density at radius 1 is 1.20 bits per heavy atom. The number of hydrogen-bond acceptors (Lipinski definition) is 3. The maximum Gasteiger partial charge on any atom is 0.225 e. The average Bonchev–Trinajstić information content (AvgIpc) is 2.91. The van der Waals surface area contributed by atoms with Crippen LogP contribution in [0.4, 0.5) is 5.69 Å². The zero-order chi connectivity index (χ0) is 17.9. The summed E-state index contributed by atoms with van der Waals surface area (Å²) in [5, 5.41) is 7.69. The van der Waals surface area contributed by atoms with Crippen molar-refractivity contribution in [3.63, 3.8) is 0 Å². The Kier molecular flexibility index (Phi) is 5.23. The topological polar surface area (TPSA) is 72.9 Å². The number of carbonyl (C=O) groups excluding carboxylic acids is 1. The van der Waals surface area contributed by atoms with Gasteiger partial charge in [0.1, 0.15) is 0 Å². The summed E-state index contributed by atoms with van der Waals surface area (Å²) in [5.74, 6) is 0.0474. The molecule has 1 amide bonds. The summed E-state index contributed by atoms with van der Waals surface area (Å²) in [5.41, 5.74) is 9.59. The van der Waals surface area contributed by atoms with Crippen LogP contribution in [-0.2, 0) is 4.79 Å². The second kappa shape index (κ2) is 7.40. The fraction of sp³-hybridized carbons (Fsp3) is 0.500. The van der Waals surface area contributed by atoms with Gasteiger partial charge in [-0.25, -0.2) is 4.68 Å². The fourth-order valence-electron chi connectivity index (χ4n) is 3.92. The molecule has 1 heterocycles. The van der Waals surface area contributed by atoms with E-state index >= 15 is 0 Å². The number of aromatic nitrogens is 2. The van der Waals surface area contributed by atoms with Gasteiger partial charge in [0, 0.05) is 6.42 Å². The number of carbonyl (C=O) groups is 1. The number of nitrogens with two attached hydrogens (primary N) is 1. The van der Waals surface area contributed by atoms with Gasteiger partial charge in [-0.15, -0.1) is 0 Å². The fourth-order valence-corrected chi connectivity index (χ4v) is 3.92. The van der Waals surface area contributed by atoms with Crippen molar-refractivity contribution in [1.82, 2.24) is 9.78 Å². The highest BCUT2D eigenvalue weighted by Gasteiger charge is 2.33. The van der Waals surface area contributed by atoms with Gasteiger partial charge in [0.05, 0.1) is 22.8 Å². The summed E-state index contributed by atoms with van der Waals surface area (Å²) >= 11 is 0. The molecule has 1 aliphatic carbocycles. The van der Waals surface area contributed by atoms with Gasteiger partial charge in [-0.3, -0.25) is 4.79 Å². The first-order valence-electron chi connectivity index (χ1n) is 9.16. The Morgan fingerprint density at radius 3 is 2.52 bits per heavy atom. The van der Waals surface area contributed by atoms with Gasteiger partial charge in [0.2, 0.25) is 5.91 Å². The molecule has 1 fully saturated rings. The van der Waals surface area contributed by atoms with Crippen LogP contribution >= 0.6 is 0 Å². The zero-order valence-corrected chi connectivity index (χ0v) is 15.2. The normalized spacial score (nSPS) is 16.6. The minimum Gasteiger partial charge on any atom is -0.330 e. The maximum absolute atomic E-state index is 12.7. The molecule has 5 nitrogen and oxygen atoms in total. The van der Waals surface area contributed by atoms with Crippen LogP contribution in [0.1, 0.15) is 49.9 Å². The zero-order valence-electron chi connectivity index (χ0n) is 15.2. The van der Waals surface area contributed by atoms with E-state index in [9.17, 15) is 4.79 Å². The Bertz CT molecular complexity index is 730.